The zero-order valence-electron chi connectivity index (χ0n) is 7.27. The van der Waals surface area contributed by atoms with E-state index in [1.54, 1.807) is 0 Å². The van der Waals surface area contributed by atoms with Gasteiger partial charge in [-0.3, -0.25) is 0 Å². The third-order valence-electron chi connectivity index (χ3n) is 1.78. The molecule has 0 radical (unpaired) electrons. The molecule has 0 aliphatic heterocycles. The van der Waals surface area contributed by atoms with Crippen molar-refractivity contribution in [3.05, 3.63) is 39.3 Å². The van der Waals surface area contributed by atoms with Crippen LogP contribution in [-0.4, -0.2) is 10.2 Å². The summed E-state index contributed by atoms with van der Waals surface area (Å²) in [5.74, 6) is 0. The van der Waals surface area contributed by atoms with Gasteiger partial charge in [-0.25, -0.2) is 0 Å². The lowest BCUT2D eigenvalue weighted by Crippen LogP contribution is -1.88. The molecular formula is C9H8BrN3S. The molecule has 0 fully saturated rings. The van der Waals surface area contributed by atoms with Crippen molar-refractivity contribution in [2.45, 2.75) is 6.42 Å². The monoisotopic (exact) mass is 269 g/mol. The van der Waals surface area contributed by atoms with Crippen LogP contribution in [0.4, 0.5) is 5.13 Å². The maximum atomic E-state index is 5.50. The number of nitrogen functional groups attached to an aromatic ring is 1. The first kappa shape index (κ1) is 9.61. The van der Waals surface area contributed by atoms with Gasteiger partial charge < -0.3 is 5.73 Å². The third kappa shape index (κ3) is 2.10. The molecule has 14 heavy (non-hydrogen) atoms. The first-order chi connectivity index (χ1) is 6.75. The van der Waals surface area contributed by atoms with Crippen LogP contribution in [0.15, 0.2) is 28.7 Å². The zero-order chi connectivity index (χ0) is 9.97. The van der Waals surface area contributed by atoms with E-state index in [2.05, 4.69) is 32.2 Å². The Balaban J connectivity index is 2.23. The number of benzene rings is 1. The van der Waals surface area contributed by atoms with Gasteiger partial charge in [-0.2, -0.15) is 0 Å². The van der Waals surface area contributed by atoms with Crippen molar-refractivity contribution in [1.29, 1.82) is 0 Å². The Hall–Kier alpha value is -0.940. The van der Waals surface area contributed by atoms with Crippen LogP contribution in [0.25, 0.3) is 0 Å². The van der Waals surface area contributed by atoms with Crippen LogP contribution >= 0.6 is 27.3 Å². The Kier molecular flexibility index (Phi) is 2.79. The predicted octanol–water partition coefficient (Wildman–Crippen LogP) is 2.47. The highest BCUT2D eigenvalue weighted by Gasteiger charge is 2.04. The van der Waals surface area contributed by atoms with Gasteiger partial charge in [0.05, 0.1) is 0 Å². The molecule has 3 nitrogen and oxygen atoms in total. The molecule has 1 aromatic heterocycles. The highest BCUT2D eigenvalue weighted by molar-refractivity contribution is 9.10. The summed E-state index contributed by atoms with van der Waals surface area (Å²) < 4.78 is 1.09. The number of anilines is 1. The van der Waals surface area contributed by atoms with Gasteiger partial charge in [-0.05, 0) is 11.6 Å². The van der Waals surface area contributed by atoms with Crippen molar-refractivity contribution < 1.29 is 0 Å². The second kappa shape index (κ2) is 4.06. The molecular weight excluding hydrogens is 262 g/mol. The average Bonchev–Trinajstić information content (AvgIpc) is 2.56. The van der Waals surface area contributed by atoms with E-state index in [4.69, 9.17) is 5.73 Å². The summed E-state index contributed by atoms with van der Waals surface area (Å²) in [4.78, 5) is 0. The average molecular weight is 270 g/mol. The van der Waals surface area contributed by atoms with Gasteiger partial charge in [0.2, 0.25) is 5.13 Å². The van der Waals surface area contributed by atoms with E-state index in [9.17, 15) is 0 Å². The van der Waals surface area contributed by atoms with Crippen LogP contribution < -0.4 is 5.73 Å². The molecule has 0 saturated heterocycles. The van der Waals surface area contributed by atoms with E-state index < -0.39 is 0 Å². The van der Waals surface area contributed by atoms with E-state index >= 15 is 0 Å². The first-order valence-electron chi connectivity index (χ1n) is 4.07. The summed E-state index contributed by atoms with van der Waals surface area (Å²) >= 11 is 4.91. The lowest BCUT2D eigenvalue weighted by molar-refractivity contribution is 1.01. The number of nitrogens with two attached hydrogens (primary N) is 1. The van der Waals surface area contributed by atoms with Crippen molar-refractivity contribution in [3.8, 4) is 0 Å². The quantitative estimate of drug-likeness (QED) is 0.912. The SMILES string of the molecule is Nc1nnc(Cc2ccccc2Br)s1. The molecule has 2 N–H and O–H groups in total. The Morgan fingerprint density at radius 1 is 1.29 bits per heavy atom. The molecule has 5 heteroatoms. The fraction of sp³-hybridized carbons (Fsp3) is 0.111. The predicted molar refractivity (Wildman–Crippen MR) is 61.3 cm³/mol. The minimum atomic E-state index is 0.520. The zero-order valence-corrected chi connectivity index (χ0v) is 9.68. The number of hydrogen-bond donors (Lipinski definition) is 1. The number of nitrogens with zero attached hydrogens (tertiary/aromatic N) is 2. The Morgan fingerprint density at radius 2 is 2.07 bits per heavy atom. The maximum Gasteiger partial charge on any atom is 0.203 e. The van der Waals surface area contributed by atoms with Crippen LogP contribution in [0.1, 0.15) is 10.6 Å². The second-order valence-corrected chi connectivity index (χ2v) is 4.75. The Bertz CT molecular complexity index is 441. The van der Waals surface area contributed by atoms with Crippen LogP contribution in [0.3, 0.4) is 0 Å². The van der Waals surface area contributed by atoms with Crippen LogP contribution in [0.2, 0.25) is 0 Å². The van der Waals surface area contributed by atoms with Crippen LogP contribution in [-0.2, 0) is 6.42 Å². The van der Waals surface area contributed by atoms with Gasteiger partial charge in [0.25, 0.3) is 0 Å². The van der Waals surface area contributed by atoms with Gasteiger partial charge in [-0.15, -0.1) is 10.2 Å². The number of hydrogen-bond acceptors (Lipinski definition) is 4. The van der Waals surface area contributed by atoms with E-state index in [1.165, 1.54) is 16.9 Å². The fourth-order valence-corrected chi connectivity index (χ4v) is 2.20. The van der Waals surface area contributed by atoms with E-state index in [-0.39, 0.29) is 0 Å². The summed E-state index contributed by atoms with van der Waals surface area (Å²) in [7, 11) is 0. The van der Waals surface area contributed by atoms with Crippen molar-refractivity contribution in [2.24, 2.45) is 0 Å². The van der Waals surface area contributed by atoms with E-state index in [0.29, 0.717) is 5.13 Å². The Morgan fingerprint density at radius 3 is 2.71 bits per heavy atom. The molecule has 0 atom stereocenters. The molecule has 1 heterocycles. The van der Waals surface area contributed by atoms with Crippen molar-refractivity contribution >= 4 is 32.4 Å². The van der Waals surface area contributed by atoms with E-state index in [0.717, 1.165) is 15.9 Å². The van der Waals surface area contributed by atoms with Gasteiger partial charge >= 0.3 is 0 Å². The minimum Gasteiger partial charge on any atom is -0.374 e. The summed E-state index contributed by atoms with van der Waals surface area (Å²) in [6.45, 7) is 0. The molecule has 1 aromatic carbocycles. The van der Waals surface area contributed by atoms with E-state index in [1.807, 2.05) is 18.2 Å². The highest BCUT2D eigenvalue weighted by Crippen LogP contribution is 2.21. The third-order valence-corrected chi connectivity index (χ3v) is 3.31. The minimum absolute atomic E-state index is 0.520. The van der Waals surface area contributed by atoms with Crippen LogP contribution in [0.5, 0.6) is 0 Å². The molecule has 0 spiro atoms. The Labute approximate surface area is 94.1 Å². The molecule has 0 aliphatic carbocycles. The lowest BCUT2D eigenvalue weighted by Gasteiger charge is -1.99. The molecule has 0 unspecified atom stereocenters. The number of rotatable bonds is 2. The normalized spacial score (nSPS) is 10.4. The van der Waals surface area contributed by atoms with Crippen LogP contribution in [0, 0.1) is 0 Å². The fourth-order valence-electron chi connectivity index (χ4n) is 1.14. The number of aromatic nitrogens is 2. The standard InChI is InChI=1S/C9H8BrN3S/c10-7-4-2-1-3-6(7)5-8-12-13-9(11)14-8/h1-4H,5H2,(H2,11,13). The smallest absolute Gasteiger partial charge is 0.203 e. The summed E-state index contributed by atoms with van der Waals surface area (Å²) in [5, 5.41) is 9.21. The highest BCUT2D eigenvalue weighted by atomic mass is 79.9. The van der Waals surface area contributed by atoms with Gasteiger partial charge in [0.1, 0.15) is 5.01 Å². The maximum absolute atomic E-state index is 5.50. The molecule has 0 bridgehead atoms. The van der Waals surface area contributed by atoms with Crippen molar-refractivity contribution in [1.82, 2.24) is 10.2 Å². The molecule has 0 saturated carbocycles. The molecule has 0 aliphatic rings. The largest absolute Gasteiger partial charge is 0.374 e. The van der Waals surface area contributed by atoms with Crippen molar-refractivity contribution in [2.75, 3.05) is 5.73 Å². The first-order valence-corrected chi connectivity index (χ1v) is 5.68. The molecule has 2 rings (SSSR count). The topological polar surface area (TPSA) is 51.8 Å². The van der Waals surface area contributed by atoms with Crippen molar-refractivity contribution in [3.63, 3.8) is 0 Å². The number of halogens is 1. The molecule has 2 aromatic rings. The van der Waals surface area contributed by atoms with Gasteiger partial charge in [-0.1, -0.05) is 45.5 Å². The second-order valence-electron chi connectivity index (χ2n) is 2.80. The van der Waals surface area contributed by atoms with Gasteiger partial charge in [0.15, 0.2) is 0 Å². The summed E-state index contributed by atoms with van der Waals surface area (Å²) in [6, 6.07) is 8.06. The molecule has 72 valence electrons. The molecule has 0 amide bonds. The van der Waals surface area contributed by atoms with Gasteiger partial charge in [0, 0.05) is 10.9 Å². The lowest BCUT2D eigenvalue weighted by atomic mass is 10.2. The summed E-state index contributed by atoms with van der Waals surface area (Å²) in [5.41, 5.74) is 6.70. The summed E-state index contributed by atoms with van der Waals surface area (Å²) in [6.07, 6.45) is 0.774.